The van der Waals surface area contributed by atoms with Crippen LogP contribution in [0.1, 0.15) is 36.7 Å². The van der Waals surface area contributed by atoms with Gasteiger partial charge in [0.25, 0.3) is 5.91 Å². The lowest BCUT2D eigenvalue weighted by molar-refractivity contribution is 0.100. The first-order valence-corrected chi connectivity index (χ1v) is 6.61. The number of hydrogen-bond donors (Lipinski definition) is 2. The Bertz CT molecular complexity index is 658. The van der Waals surface area contributed by atoms with Crippen LogP contribution in [0.15, 0.2) is 36.5 Å². The Morgan fingerprint density at radius 1 is 1.19 bits per heavy atom. The zero-order valence-corrected chi connectivity index (χ0v) is 12.4. The number of pyridine rings is 1. The van der Waals surface area contributed by atoms with Crippen molar-refractivity contribution in [3.8, 4) is 11.6 Å². The molecule has 5 heteroatoms. The van der Waals surface area contributed by atoms with Crippen LogP contribution in [0.4, 0.5) is 5.69 Å². The van der Waals surface area contributed by atoms with Crippen LogP contribution in [0.3, 0.4) is 0 Å². The number of benzene rings is 1. The molecule has 0 bridgehead atoms. The summed E-state index contributed by atoms with van der Waals surface area (Å²) in [4.78, 5) is 15.3. The lowest BCUT2D eigenvalue weighted by Crippen LogP contribution is -2.14. The average molecular weight is 285 g/mol. The van der Waals surface area contributed by atoms with Gasteiger partial charge in [-0.25, -0.2) is 4.98 Å². The molecule has 1 aromatic carbocycles. The van der Waals surface area contributed by atoms with Gasteiger partial charge in [-0.15, -0.1) is 0 Å². The Labute approximate surface area is 123 Å². The highest BCUT2D eigenvalue weighted by Gasteiger charge is 2.13. The fraction of sp³-hybridized carbons (Fsp3) is 0.250. The van der Waals surface area contributed by atoms with Gasteiger partial charge in [-0.05, 0) is 23.1 Å². The van der Waals surface area contributed by atoms with Crippen molar-refractivity contribution in [2.45, 2.75) is 26.2 Å². The normalized spacial score (nSPS) is 11.2. The Morgan fingerprint density at radius 3 is 2.33 bits per heavy atom. The van der Waals surface area contributed by atoms with Gasteiger partial charge in [0, 0.05) is 6.07 Å². The molecule has 0 fully saturated rings. The van der Waals surface area contributed by atoms with Crippen molar-refractivity contribution >= 4 is 11.6 Å². The second kappa shape index (κ2) is 5.44. The number of nitrogens with two attached hydrogens (primary N) is 2. The van der Waals surface area contributed by atoms with Gasteiger partial charge in [0.2, 0.25) is 5.88 Å². The number of nitrogen functional groups attached to an aromatic ring is 1. The number of aromatic nitrogens is 1. The number of primary amides is 1. The van der Waals surface area contributed by atoms with Gasteiger partial charge in [-0.2, -0.15) is 0 Å². The molecule has 1 aromatic heterocycles. The van der Waals surface area contributed by atoms with Gasteiger partial charge in [0.1, 0.15) is 5.75 Å². The molecule has 0 saturated carbocycles. The van der Waals surface area contributed by atoms with Gasteiger partial charge in [0.05, 0.1) is 17.4 Å². The molecule has 2 aromatic rings. The number of hydrogen-bond acceptors (Lipinski definition) is 4. The minimum absolute atomic E-state index is 0.0805. The number of anilines is 1. The van der Waals surface area contributed by atoms with Crippen LogP contribution >= 0.6 is 0 Å². The Morgan fingerprint density at radius 2 is 1.81 bits per heavy atom. The molecule has 1 amide bonds. The van der Waals surface area contributed by atoms with Crippen molar-refractivity contribution in [2.75, 3.05) is 5.73 Å². The highest BCUT2D eigenvalue weighted by molar-refractivity contribution is 5.98. The number of ether oxygens (including phenoxy) is 1. The van der Waals surface area contributed by atoms with E-state index in [0.717, 1.165) is 0 Å². The van der Waals surface area contributed by atoms with E-state index in [1.165, 1.54) is 17.8 Å². The van der Waals surface area contributed by atoms with Crippen LogP contribution in [0.25, 0.3) is 0 Å². The number of rotatable bonds is 3. The van der Waals surface area contributed by atoms with Gasteiger partial charge in [-0.3, -0.25) is 4.79 Å². The fourth-order valence-corrected chi connectivity index (χ4v) is 1.86. The average Bonchev–Trinajstić information content (AvgIpc) is 2.40. The maximum absolute atomic E-state index is 11.2. The molecule has 0 aliphatic carbocycles. The second-order valence-electron chi connectivity index (χ2n) is 5.85. The van der Waals surface area contributed by atoms with E-state index in [4.69, 9.17) is 16.2 Å². The predicted octanol–water partition coefficient (Wildman–Crippen LogP) is 2.85. The highest BCUT2D eigenvalue weighted by Crippen LogP contribution is 2.27. The van der Waals surface area contributed by atoms with Crippen LogP contribution < -0.4 is 16.2 Å². The minimum atomic E-state index is -0.608. The molecule has 0 spiro atoms. The zero-order valence-electron chi connectivity index (χ0n) is 12.4. The van der Waals surface area contributed by atoms with E-state index in [2.05, 4.69) is 25.8 Å². The first kappa shape index (κ1) is 14.8. The van der Waals surface area contributed by atoms with E-state index in [1.54, 1.807) is 0 Å². The van der Waals surface area contributed by atoms with Crippen LogP contribution in [0.2, 0.25) is 0 Å². The molecule has 21 heavy (non-hydrogen) atoms. The first-order chi connectivity index (χ1) is 9.77. The molecular weight excluding hydrogens is 266 g/mol. The van der Waals surface area contributed by atoms with Gasteiger partial charge in [-0.1, -0.05) is 32.9 Å². The topological polar surface area (TPSA) is 91.2 Å². The first-order valence-electron chi connectivity index (χ1n) is 6.61. The molecule has 0 aliphatic rings. The zero-order chi connectivity index (χ0) is 15.6. The largest absolute Gasteiger partial charge is 0.439 e. The monoisotopic (exact) mass is 285 g/mol. The van der Waals surface area contributed by atoms with Gasteiger partial charge < -0.3 is 16.2 Å². The van der Waals surface area contributed by atoms with E-state index in [1.807, 2.05) is 24.3 Å². The maximum atomic E-state index is 11.2. The van der Waals surface area contributed by atoms with Crippen molar-refractivity contribution in [1.82, 2.24) is 4.98 Å². The minimum Gasteiger partial charge on any atom is -0.439 e. The summed E-state index contributed by atoms with van der Waals surface area (Å²) >= 11 is 0. The van der Waals surface area contributed by atoms with E-state index < -0.39 is 5.91 Å². The van der Waals surface area contributed by atoms with Crippen molar-refractivity contribution in [2.24, 2.45) is 5.73 Å². The lowest BCUT2D eigenvalue weighted by Gasteiger charge is -2.19. The molecule has 0 unspecified atom stereocenters. The third kappa shape index (κ3) is 3.51. The van der Waals surface area contributed by atoms with Gasteiger partial charge in [0.15, 0.2) is 0 Å². The van der Waals surface area contributed by atoms with Crippen molar-refractivity contribution in [3.63, 3.8) is 0 Å². The van der Waals surface area contributed by atoms with Crippen molar-refractivity contribution in [1.29, 1.82) is 0 Å². The van der Waals surface area contributed by atoms with E-state index in [9.17, 15) is 4.79 Å². The Balaban J connectivity index is 2.22. The summed E-state index contributed by atoms with van der Waals surface area (Å²) in [5.41, 5.74) is 12.6. The van der Waals surface area contributed by atoms with Crippen molar-refractivity contribution < 1.29 is 9.53 Å². The lowest BCUT2D eigenvalue weighted by atomic mass is 9.87. The summed E-state index contributed by atoms with van der Waals surface area (Å²) in [6, 6.07) is 9.17. The van der Waals surface area contributed by atoms with E-state index in [0.29, 0.717) is 5.75 Å². The number of carbonyl (C=O) groups excluding carboxylic acids is 1. The highest BCUT2D eigenvalue weighted by atomic mass is 16.5. The third-order valence-corrected chi connectivity index (χ3v) is 3.12. The number of carbonyl (C=O) groups is 1. The molecule has 1 heterocycles. The Hall–Kier alpha value is -2.56. The fourth-order valence-electron chi connectivity index (χ4n) is 1.86. The smallest absolute Gasteiger partial charge is 0.251 e. The van der Waals surface area contributed by atoms with Crippen LogP contribution in [0.5, 0.6) is 11.6 Å². The summed E-state index contributed by atoms with van der Waals surface area (Å²) in [6.45, 7) is 6.43. The van der Waals surface area contributed by atoms with Crippen LogP contribution in [-0.4, -0.2) is 10.9 Å². The quantitative estimate of drug-likeness (QED) is 0.907. The van der Waals surface area contributed by atoms with Crippen molar-refractivity contribution in [3.05, 3.63) is 47.7 Å². The third-order valence-electron chi connectivity index (χ3n) is 3.12. The molecule has 2 rings (SSSR count). The molecular formula is C16H19N3O2. The summed E-state index contributed by atoms with van der Waals surface area (Å²) in [5, 5.41) is 0. The standard InChI is InChI=1S/C16H19N3O2/c1-16(2,3)10-4-6-11(7-5-10)21-14-8-12(15(18)20)13(17)9-19-14/h4-9H,17H2,1-3H3,(H2,18,20). The summed E-state index contributed by atoms with van der Waals surface area (Å²) in [6.07, 6.45) is 1.36. The molecule has 4 N–H and O–H groups in total. The van der Waals surface area contributed by atoms with Crippen LogP contribution in [0, 0.1) is 0 Å². The predicted molar refractivity (Wildman–Crippen MR) is 82.4 cm³/mol. The molecule has 0 radical (unpaired) electrons. The van der Waals surface area contributed by atoms with Crippen LogP contribution in [-0.2, 0) is 5.41 Å². The summed E-state index contributed by atoms with van der Waals surface area (Å²) in [5.74, 6) is 0.306. The SMILES string of the molecule is CC(C)(C)c1ccc(Oc2cc(C(N)=O)c(N)cn2)cc1. The van der Waals surface area contributed by atoms with Gasteiger partial charge >= 0.3 is 0 Å². The summed E-state index contributed by atoms with van der Waals surface area (Å²) in [7, 11) is 0. The number of amides is 1. The number of nitrogens with zero attached hydrogens (tertiary/aromatic N) is 1. The molecule has 0 saturated heterocycles. The molecule has 110 valence electrons. The van der Waals surface area contributed by atoms with E-state index >= 15 is 0 Å². The molecule has 0 aliphatic heterocycles. The molecule has 0 atom stereocenters. The molecule has 5 nitrogen and oxygen atoms in total. The van der Waals surface area contributed by atoms with E-state index in [-0.39, 0.29) is 22.5 Å². The Kier molecular flexibility index (Phi) is 3.84. The maximum Gasteiger partial charge on any atom is 0.251 e. The summed E-state index contributed by atoms with van der Waals surface area (Å²) < 4.78 is 5.62. The second-order valence-corrected chi connectivity index (χ2v) is 5.85.